The summed E-state index contributed by atoms with van der Waals surface area (Å²) in [6.45, 7) is 2.28. The number of nitrogens with one attached hydrogen (secondary N) is 1. The first-order chi connectivity index (χ1) is 11.2. The molecule has 0 atom stereocenters. The van der Waals surface area contributed by atoms with E-state index in [-0.39, 0.29) is 36.5 Å². The molecule has 0 bridgehead atoms. The lowest BCUT2D eigenvalue weighted by atomic mass is 9.86. The van der Waals surface area contributed by atoms with Crippen molar-refractivity contribution >= 4 is 41.5 Å². The molecule has 1 aromatic carbocycles. The molecule has 132 valence electrons. The van der Waals surface area contributed by atoms with Crippen LogP contribution in [0.2, 0.25) is 0 Å². The lowest BCUT2D eigenvalue weighted by molar-refractivity contribution is -0.121. The molecule has 1 fully saturated rings. The van der Waals surface area contributed by atoms with Gasteiger partial charge in [-0.2, -0.15) is 0 Å². The Morgan fingerprint density at radius 3 is 2.92 bits per heavy atom. The summed E-state index contributed by atoms with van der Waals surface area (Å²) in [6.07, 6.45) is 4.67. The van der Waals surface area contributed by atoms with E-state index in [1.165, 1.54) is 19.3 Å². The fourth-order valence-corrected chi connectivity index (χ4v) is 2.81. The predicted octanol–water partition coefficient (Wildman–Crippen LogP) is 2.12. The minimum Gasteiger partial charge on any atom is -0.482 e. The van der Waals surface area contributed by atoms with Crippen LogP contribution in [-0.4, -0.2) is 38.1 Å². The summed E-state index contributed by atoms with van der Waals surface area (Å²) < 4.78 is 5.43. The number of anilines is 1. The Morgan fingerprint density at radius 2 is 2.17 bits per heavy atom. The van der Waals surface area contributed by atoms with Gasteiger partial charge in [-0.05, 0) is 37.3 Å². The minimum atomic E-state index is -0.00433. The Kier molecular flexibility index (Phi) is 7.14. The van der Waals surface area contributed by atoms with Crippen LogP contribution in [0.1, 0.15) is 25.7 Å². The number of hydrogen-bond donors (Lipinski definition) is 2. The predicted molar refractivity (Wildman–Crippen MR) is 106 cm³/mol. The van der Waals surface area contributed by atoms with Crippen LogP contribution in [-0.2, 0) is 4.79 Å². The monoisotopic (exact) mass is 444 g/mol. The largest absolute Gasteiger partial charge is 0.482 e. The number of nitrogens with two attached hydrogens (primary N) is 1. The average molecular weight is 444 g/mol. The molecular formula is C17H25IN4O2. The van der Waals surface area contributed by atoms with Crippen LogP contribution in [0.5, 0.6) is 5.75 Å². The molecule has 0 unspecified atom stereocenters. The van der Waals surface area contributed by atoms with E-state index in [1.54, 1.807) is 4.90 Å². The summed E-state index contributed by atoms with van der Waals surface area (Å²) in [4.78, 5) is 18.2. The van der Waals surface area contributed by atoms with Crippen LogP contribution in [0.3, 0.4) is 0 Å². The highest BCUT2D eigenvalue weighted by molar-refractivity contribution is 14.0. The molecule has 0 aromatic heterocycles. The van der Waals surface area contributed by atoms with Gasteiger partial charge in [-0.25, -0.2) is 0 Å². The molecule has 0 spiro atoms. The summed E-state index contributed by atoms with van der Waals surface area (Å²) in [5.74, 6) is 1.99. The van der Waals surface area contributed by atoms with Crippen molar-refractivity contribution < 1.29 is 9.53 Å². The molecule has 1 saturated carbocycles. The van der Waals surface area contributed by atoms with E-state index in [2.05, 4.69) is 10.3 Å². The molecule has 1 aliphatic carbocycles. The van der Waals surface area contributed by atoms with Gasteiger partial charge in [-0.15, -0.1) is 24.0 Å². The number of hydrogen-bond acceptors (Lipinski definition) is 3. The molecule has 7 heteroatoms. The third-order valence-electron chi connectivity index (χ3n) is 4.42. The van der Waals surface area contributed by atoms with Crippen molar-refractivity contribution in [3.63, 3.8) is 0 Å². The molecule has 1 aliphatic heterocycles. The number of carbonyl (C=O) groups is 1. The van der Waals surface area contributed by atoms with E-state index in [0.717, 1.165) is 30.3 Å². The molecule has 3 N–H and O–H groups in total. The van der Waals surface area contributed by atoms with Gasteiger partial charge in [-0.3, -0.25) is 9.79 Å². The Balaban J connectivity index is 0.00000208. The number of para-hydroxylation sites is 2. The van der Waals surface area contributed by atoms with Gasteiger partial charge in [0, 0.05) is 19.6 Å². The third-order valence-corrected chi connectivity index (χ3v) is 4.42. The van der Waals surface area contributed by atoms with Crippen molar-refractivity contribution in [1.82, 2.24) is 5.32 Å². The van der Waals surface area contributed by atoms with Crippen molar-refractivity contribution in [1.29, 1.82) is 0 Å². The van der Waals surface area contributed by atoms with E-state index in [9.17, 15) is 4.79 Å². The van der Waals surface area contributed by atoms with Crippen LogP contribution >= 0.6 is 24.0 Å². The number of nitrogens with zero attached hydrogens (tertiary/aromatic N) is 2. The number of aliphatic imine (C=N–C) groups is 1. The van der Waals surface area contributed by atoms with Crippen LogP contribution in [0.15, 0.2) is 29.3 Å². The molecule has 0 saturated heterocycles. The second-order valence-electron chi connectivity index (χ2n) is 6.10. The molecule has 1 amide bonds. The van der Waals surface area contributed by atoms with Gasteiger partial charge in [0.25, 0.3) is 5.91 Å². The lowest BCUT2D eigenvalue weighted by Gasteiger charge is -2.29. The molecule has 0 radical (unpaired) electrons. The molecule has 6 nitrogen and oxygen atoms in total. The standard InChI is InChI=1S/C17H24N4O2.HI/c18-17(20-11-13-5-3-6-13)19-9-4-10-21-14-7-1-2-8-15(14)23-12-16(21)22;/h1-2,7-8,13H,3-6,9-12H2,(H3,18,19,20);1H. The molecule has 1 heterocycles. The first-order valence-corrected chi connectivity index (χ1v) is 8.30. The summed E-state index contributed by atoms with van der Waals surface area (Å²) in [7, 11) is 0. The molecule has 1 aromatic rings. The molecule has 3 rings (SSSR count). The second-order valence-corrected chi connectivity index (χ2v) is 6.10. The topological polar surface area (TPSA) is 80.0 Å². The highest BCUT2D eigenvalue weighted by atomic mass is 127. The van der Waals surface area contributed by atoms with Crippen LogP contribution in [0.4, 0.5) is 5.69 Å². The van der Waals surface area contributed by atoms with Gasteiger partial charge in [-0.1, -0.05) is 18.6 Å². The van der Waals surface area contributed by atoms with Gasteiger partial charge in [0.05, 0.1) is 5.69 Å². The van der Waals surface area contributed by atoms with Crippen LogP contribution in [0, 0.1) is 5.92 Å². The summed E-state index contributed by atoms with van der Waals surface area (Å²) in [5.41, 5.74) is 6.71. The Hall–Kier alpha value is -1.51. The number of rotatable bonds is 6. The Bertz CT molecular complexity index is 590. The number of ether oxygens (including phenoxy) is 1. The Morgan fingerprint density at radius 1 is 1.38 bits per heavy atom. The number of amides is 1. The zero-order chi connectivity index (χ0) is 16.1. The van der Waals surface area contributed by atoms with E-state index < -0.39 is 0 Å². The maximum atomic E-state index is 12.0. The smallest absolute Gasteiger partial charge is 0.265 e. The molecular weight excluding hydrogens is 419 g/mol. The molecule has 2 aliphatic rings. The summed E-state index contributed by atoms with van der Waals surface area (Å²) in [5, 5.41) is 3.12. The highest BCUT2D eigenvalue weighted by Crippen LogP contribution is 2.31. The quantitative estimate of drug-likeness (QED) is 0.305. The SMILES string of the molecule is I.NC(=NCC1CCC1)NCCCN1C(=O)COc2ccccc21. The van der Waals surface area contributed by atoms with E-state index in [0.29, 0.717) is 19.0 Å². The number of fused-ring (bicyclic) bond motifs is 1. The van der Waals surface area contributed by atoms with E-state index >= 15 is 0 Å². The average Bonchev–Trinajstić information content (AvgIpc) is 2.51. The first-order valence-electron chi connectivity index (χ1n) is 8.30. The Labute approximate surface area is 159 Å². The third kappa shape index (κ3) is 4.75. The first kappa shape index (κ1) is 18.8. The number of benzene rings is 1. The van der Waals surface area contributed by atoms with Crippen LogP contribution < -0.4 is 20.7 Å². The van der Waals surface area contributed by atoms with Gasteiger partial charge in [0.2, 0.25) is 0 Å². The maximum Gasteiger partial charge on any atom is 0.265 e. The maximum absolute atomic E-state index is 12.0. The van der Waals surface area contributed by atoms with E-state index in [1.807, 2.05) is 24.3 Å². The normalized spacial score (nSPS) is 17.4. The van der Waals surface area contributed by atoms with Crippen molar-refractivity contribution in [2.45, 2.75) is 25.7 Å². The lowest BCUT2D eigenvalue weighted by Crippen LogP contribution is -2.41. The summed E-state index contributed by atoms with van der Waals surface area (Å²) in [6, 6.07) is 7.62. The highest BCUT2D eigenvalue weighted by Gasteiger charge is 2.24. The zero-order valence-corrected chi connectivity index (χ0v) is 16.1. The van der Waals surface area contributed by atoms with Crippen LogP contribution in [0.25, 0.3) is 0 Å². The fraction of sp³-hybridized carbons (Fsp3) is 0.529. The minimum absolute atomic E-state index is 0. The van der Waals surface area contributed by atoms with Gasteiger partial charge < -0.3 is 20.7 Å². The van der Waals surface area contributed by atoms with Crippen molar-refractivity contribution in [2.75, 3.05) is 31.1 Å². The van der Waals surface area contributed by atoms with Gasteiger partial charge >= 0.3 is 0 Å². The van der Waals surface area contributed by atoms with Crippen molar-refractivity contribution in [3.8, 4) is 5.75 Å². The van der Waals surface area contributed by atoms with E-state index in [4.69, 9.17) is 10.5 Å². The van der Waals surface area contributed by atoms with Crippen molar-refractivity contribution in [2.24, 2.45) is 16.6 Å². The van der Waals surface area contributed by atoms with Crippen molar-refractivity contribution in [3.05, 3.63) is 24.3 Å². The molecule has 24 heavy (non-hydrogen) atoms. The van der Waals surface area contributed by atoms with Gasteiger partial charge in [0.1, 0.15) is 5.75 Å². The summed E-state index contributed by atoms with van der Waals surface area (Å²) >= 11 is 0. The number of guanidine groups is 1. The van der Waals surface area contributed by atoms with Gasteiger partial charge in [0.15, 0.2) is 12.6 Å². The number of halogens is 1. The number of carbonyl (C=O) groups excluding carboxylic acids is 1. The fourth-order valence-electron chi connectivity index (χ4n) is 2.81. The zero-order valence-electron chi connectivity index (χ0n) is 13.7. The second kappa shape index (κ2) is 9.10.